The molecule has 8 nitrogen and oxygen atoms in total. The van der Waals surface area contributed by atoms with E-state index in [4.69, 9.17) is 14.2 Å². The third-order valence-corrected chi connectivity index (χ3v) is 5.85. The van der Waals surface area contributed by atoms with Gasteiger partial charge in [0.15, 0.2) is 24.2 Å². The van der Waals surface area contributed by atoms with Gasteiger partial charge in [-0.3, -0.25) is 9.59 Å². The Morgan fingerprint density at radius 1 is 0.943 bits per heavy atom. The molecule has 0 spiro atoms. The fourth-order valence-electron chi connectivity index (χ4n) is 3.83. The third-order valence-electron chi connectivity index (χ3n) is 5.85. The molecule has 2 unspecified atom stereocenters. The summed E-state index contributed by atoms with van der Waals surface area (Å²) in [7, 11) is 0. The molecule has 1 aliphatic heterocycles. The number of hydrogen-bond donors (Lipinski definition) is 1. The Morgan fingerprint density at radius 3 is 2.34 bits per heavy atom. The Morgan fingerprint density at radius 2 is 1.66 bits per heavy atom. The largest absolute Gasteiger partial charge is 0.490 e. The second kappa shape index (κ2) is 12.8. The molecule has 1 aliphatic rings. The molecule has 0 aromatic heterocycles. The molecule has 1 heterocycles. The first-order chi connectivity index (χ1) is 16.9. The molecule has 0 saturated carbocycles. The molecular formula is C27H34N2O6. The Hall–Kier alpha value is -3.55. The monoisotopic (exact) mass is 482 g/mol. The number of ether oxygens (including phenoxy) is 3. The van der Waals surface area contributed by atoms with Crippen LogP contribution in [0, 0.1) is 0 Å². The number of carbonyl (C=O) groups excluding carboxylic acids is 3. The standard InChI is InChI=1S/C27H34N2O6/c1-4-33-24-17-22(13-14-23(24)34-18-25(30)29-15-9-6-10-16-29)27(32)35-20(3)26(31)28-19(2)21-11-7-5-8-12-21/h5,7-8,11-14,17,19-20H,4,6,9-10,15-16,18H2,1-3H3,(H,28,31). The van der Waals surface area contributed by atoms with Crippen LogP contribution >= 0.6 is 0 Å². The zero-order valence-corrected chi connectivity index (χ0v) is 20.6. The molecule has 0 radical (unpaired) electrons. The molecule has 0 aliphatic carbocycles. The van der Waals surface area contributed by atoms with Crippen LogP contribution in [0.25, 0.3) is 0 Å². The first kappa shape index (κ1) is 26.1. The van der Waals surface area contributed by atoms with Crippen molar-refractivity contribution in [2.45, 2.75) is 52.2 Å². The molecule has 2 aromatic carbocycles. The number of amides is 2. The van der Waals surface area contributed by atoms with Crippen molar-refractivity contribution >= 4 is 17.8 Å². The number of benzene rings is 2. The number of esters is 1. The molecule has 35 heavy (non-hydrogen) atoms. The Labute approximate surface area is 206 Å². The maximum absolute atomic E-state index is 12.7. The molecule has 2 aromatic rings. The van der Waals surface area contributed by atoms with E-state index in [-0.39, 0.29) is 24.1 Å². The van der Waals surface area contributed by atoms with E-state index in [1.54, 1.807) is 11.0 Å². The fraction of sp³-hybridized carbons (Fsp3) is 0.444. The lowest BCUT2D eigenvalue weighted by Gasteiger charge is -2.26. The summed E-state index contributed by atoms with van der Waals surface area (Å²) in [6, 6.07) is 13.9. The van der Waals surface area contributed by atoms with Crippen LogP contribution in [-0.4, -0.2) is 55.1 Å². The van der Waals surface area contributed by atoms with Crippen LogP contribution in [0.5, 0.6) is 11.5 Å². The molecule has 2 amide bonds. The normalized spacial score (nSPS) is 15.0. The summed E-state index contributed by atoms with van der Waals surface area (Å²) in [6.07, 6.45) is 2.17. The van der Waals surface area contributed by atoms with Crippen molar-refractivity contribution < 1.29 is 28.6 Å². The molecular weight excluding hydrogens is 448 g/mol. The minimum Gasteiger partial charge on any atom is -0.490 e. The Balaban J connectivity index is 1.58. The number of nitrogens with one attached hydrogen (secondary N) is 1. The van der Waals surface area contributed by atoms with Gasteiger partial charge in [-0.2, -0.15) is 0 Å². The first-order valence-electron chi connectivity index (χ1n) is 12.1. The van der Waals surface area contributed by atoms with Gasteiger partial charge in [-0.25, -0.2) is 4.79 Å². The van der Waals surface area contributed by atoms with Gasteiger partial charge < -0.3 is 24.4 Å². The van der Waals surface area contributed by atoms with Gasteiger partial charge in [-0.1, -0.05) is 30.3 Å². The van der Waals surface area contributed by atoms with E-state index < -0.39 is 18.0 Å². The lowest BCUT2D eigenvalue weighted by molar-refractivity contribution is -0.134. The van der Waals surface area contributed by atoms with E-state index in [2.05, 4.69) is 5.32 Å². The van der Waals surface area contributed by atoms with Gasteiger partial charge in [0.2, 0.25) is 0 Å². The van der Waals surface area contributed by atoms with Crippen molar-refractivity contribution in [3.8, 4) is 11.5 Å². The van der Waals surface area contributed by atoms with Gasteiger partial charge in [-0.15, -0.1) is 0 Å². The van der Waals surface area contributed by atoms with Crippen molar-refractivity contribution in [3.63, 3.8) is 0 Å². The highest BCUT2D eigenvalue weighted by atomic mass is 16.5. The van der Waals surface area contributed by atoms with Crippen LogP contribution < -0.4 is 14.8 Å². The van der Waals surface area contributed by atoms with Crippen molar-refractivity contribution in [2.24, 2.45) is 0 Å². The average Bonchev–Trinajstić information content (AvgIpc) is 2.88. The van der Waals surface area contributed by atoms with Crippen LogP contribution in [-0.2, 0) is 14.3 Å². The SMILES string of the molecule is CCOc1cc(C(=O)OC(C)C(=O)NC(C)c2ccccc2)ccc1OCC(=O)N1CCCCC1. The summed E-state index contributed by atoms with van der Waals surface area (Å²) in [5.74, 6) is -0.410. The second-order valence-corrected chi connectivity index (χ2v) is 8.51. The lowest BCUT2D eigenvalue weighted by atomic mass is 10.1. The van der Waals surface area contributed by atoms with Crippen molar-refractivity contribution in [2.75, 3.05) is 26.3 Å². The number of nitrogens with zero attached hydrogens (tertiary/aromatic N) is 1. The summed E-state index contributed by atoms with van der Waals surface area (Å²) in [6.45, 7) is 6.96. The van der Waals surface area contributed by atoms with Gasteiger partial charge >= 0.3 is 5.97 Å². The maximum atomic E-state index is 12.7. The fourth-order valence-corrected chi connectivity index (χ4v) is 3.83. The van der Waals surface area contributed by atoms with Crippen molar-refractivity contribution in [1.29, 1.82) is 0 Å². The van der Waals surface area contributed by atoms with Crippen LogP contribution in [0.2, 0.25) is 0 Å². The number of carbonyl (C=O) groups is 3. The molecule has 188 valence electrons. The number of hydrogen-bond acceptors (Lipinski definition) is 6. The van der Waals surface area contributed by atoms with Gasteiger partial charge in [-0.05, 0) is 63.8 Å². The quantitative estimate of drug-likeness (QED) is 0.516. The lowest BCUT2D eigenvalue weighted by Crippen LogP contribution is -2.38. The highest BCUT2D eigenvalue weighted by Gasteiger charge is 2.22. The zero-order valence-electron chi connectivity index (χ0n) is 20.6. The van der Waals surface area contributed by atoms with Gasteiger partial charge in [0.1, 0.15) is 0 Å². The Kier molecular flexibility index (Phi) is 9.52. The van der Waals surface area contributed by atoms with E-state index in [1.165, 1.54) is 19.1 Å². The number of rotatable bonds is 10. The molecule has 1 N–H and O–H groups in total. The number of piperidine rings is 1. The molecule has 8 heteroatoms. The van der Waals surface area contributed by atoms with E-state index >= 15 is 0 Å². The van der Waals surface area contributed by atoms with Gasteiger partial charge in [0.25, 0.3) is 11.8 Å². The van der Waals surface area contributed by atoms with E-state index in [0.29, 0.717) is 18.1 Å². The summed E-state index contributed by atoms with van der Waals surface area (Å²) < 4.78 is 16.7. The Bertz CT molecular complexity index is 1000. The predicted octanol–water partition coefficient (Wildman–Crippen LogP) is 3.90. The third kappa shape index (κ3) is 7.47. The van der Waals surface area contributed by atoms with Crippen LogP contribution in [0.4, 0.5) is 0 Å². The van der Waals surface area contributed by atoms with Gasteiger partial charge in [0, 0.05) is 13.1 Å². The predicted molar refractivity (Wildman–Crippen MR) is 131 cm³/mol. The first-order valence-corrected chi connectivity index (χ1v) is 12.1. The van der Waals surface area contributed by atoms with Crippen LogP contribution in [0.3, 0.4) is 0 Å². The van der Waals surface area contributed by atoms with Gasteiger partial charge in [0.05, 0.1) is 18.2 Å². The minimum absolute atomic E-state index is 0.0693. The molecule has 0 bridgehead atoms. The highest BCUT2D eigenvalue weighted by molar-refractivity contribution is 5.93. The smallest absolute Gasteiger partial charge is 0.339 e. The van der Waals surface area contributed by atoms with E-state index in [0.717, 1.165) is 37.9 Å². The average molecular weight is 483 g/mol. The summed E-state index contributed by atoms with van der Waals surface area (Å²) in [4.78, 5) is 39.4. The summed E-state index contributed by atoms with van der Waals surface area (Å²) in [5.41, 5.74) is 1.18. The summed E-state index contributed by atoms with van der Waals surface area (Å²) >= 11 is 0. The highest BCUT2D eigenvalue weighted by Crippen LogP contribution is 2.29. The van der Waals surface area contributed by atoms with E-state index in [9.17, 15) is 14.4 Å². The van der Waals surface area contributed by atoms with Crippen molar-refractivity contribution in [1.82, 2.24) is 10.2 Å². The van der Waals surface area contributed by atoms with Crippen LogP contribution in [0.1, 0.15) is 62.0 Å². The minimum atomic E-state index is -0.984. The number of likely N-dealkylation sites (tertiary alicyclic amines) is 1. The summed E-state index contributed by atoms with van der Waals surface area (Å²) in [5, 5.41) is 2.85. The van der Waals surface area contributed by atoms with Crippen molar-refractivity contribution in [3.05, 3.63) is 59.7 Å². The van der Waals surface area contributed by atoms with Crippen LogP contribution in [0.15, 0.2) is 48.5 Å². The maximum Gasteiger partial charge on any atom is 0.339 e. The molecule has 1 fully saturated rings. The molecule has 1 saturated heterocycles. The van der Waals surface area contributed by atoms with E-state index in [1.807, 2.05) is 44.2 Å². The molecule has 3 rings (SSSR count). The molecule has 2 atom stereocenters. The topological polar surface area (TPSA) is 94.2 Å². The second-order valence-electron chi connectivity index (χ2n) is 8.51. The zero-order chi connectivity index (χ0) is 25.2.